The highest BCUT2D eigenvalue weighted by Crippen LogP contribution is 2.32. The summed E-state index contributed by atoms with van der Waals surface area (Å²) in [6.45, 7) is 4.09. The lowest BCUT2D eigenvalue weighted by Gasteiger charge is -2.18. The number of methoxy groups -OCH3 is 1. The normalized spacial score (nSPS) is 12.5. The van der Waals surface area contributed by atoms with Crippen LogP contribution in [0.2, 0.25) is 0 Å². The molecule has 0 bridgehead atoms. The van der Waals surface area contributed by atoms with Crippen LogP contribution in [0.3, 0.4) is 0 Å². The molecule has 160 valence electrons. The number of aromatic nitrogens is 2. The molecule has 1 atom stereocenters. The number of ether oxygens (including phenoxy) is 3. The van der Waals surface area contributed by atoms with Crippen molar-refractivity contribution >= 4 is 21.7 Å². The molecule has 0 amide bonds. The van der Waals surface area contributed by atoms with Gasteiger partial charge >= 0.3 is 6.36 Å². The average molecular weight is 478 g/mol. The van der Waals surface area contributed by atoms with E-state index in [1.54, 1.807) is 0 Å². The van der Waals surface area contributed by atoms with E-state index in [-0.39, 0.29) is 35.7 Å². The fraction of sp³-hybridized carbons (Fsp3) is 0.474. The molecule has 0 unspecified atom stereocenters. The lowest BCUT2D eigenvalue weighted by molar-refractivity contribution is -0.274. The third kappa shape index (κ3) is 6.66. The summed E-state index contributed by atoms with van der Waals surface area (Å²) in [5.41, 5.74) is 7.11. The first-order chi connectivity index (χ1) is 13.7. The van der Waals surface area contributed by atoms with Gasteiger partial charge in [0.15, 0.2) is 5.82 Å². The molecule has 1 aromatic heterocycles. The molecule has 2 rings (SSSR count). The molecule has 1 aromatic carbocycles. The third-order valence-corrected chi connectivity index (χ3v) is 4.74. The average Bonchev–Trinajstić information content (AvgIpc) is 2.65. The summed E-state index contributed by atoms with van der Waals surface area (Å²) in [5, 5.41) is 0. The van der Waals surface area contributed by atoms with Crippen LogP contribution in [0.1, 0.15) is 44.4 Å². The van der Waals surface area contributed by atoms with Crippen molar-refractivity contribution in [2.75, 3.05) is 12.8 Å². The van der Waals surface area contributed by atoms with Crippen molar-refractivity contribution in [1.82, 2.24) is 9.97 Å². The Labute approximate surface area is 175 Å². The summed E-state index contributed by atoms with van der Waals surface area (Å²) in [4.78, 5) is 8.70. The van der Waals surface area contributed by atoms with Crippen LogP contribution in [0.5, 0.6) is 17.4 Å². The molecule has 0 spiro atoms. The Morgan fingerprint density at radius 2 is 1.93 bits per heavy atom. The van der Waals surface area contributed by atoms with Crippen LogP contribution in [0.4, 0.5) is 19.0 Å². The second-order valence-corrected chi connectivity index (χ2v) is 7.04. The molecule has 0 aliphatic rings. The Bertz CT molecular complexity index is 834. The van der Waals surface area contributed by atoms with Gasteiger partial charge in [0.2, 0.25) is 0 Å². The summed E-state index contributed by atoms with van der Waals surface area (Å²) in [7, 11) is 1.36. The van der Waals surface area contributed by atoms with Gasteiger partial charge in [-0.3, -0.25) is 0 Å². The summed E-state index contributed by atoms with van der Waals surface area (Å²) in [5.74, 6) is 0.261. The number of anilines is 1. The number of hydrogen-bond donors (Lipinski definition) is 1. The van der Waals surface area contributed by atoms with E-state index in [9.17, 15) is 13.2 Å². The van der Waals surface area contributed by atoms with Gasteiger partial charge in [-0.2, -0.15) is 0 Å². The van der Waals surface area contributed by atoms with E-state index < -0.39 is 6.36 Å². The van der Waals surface area contributed by atoms with Crippen molar-refractivity contribution in [2.24, 2.45) is 0 Å². The smallest absolute Gasteiger partial charge is 0.496 e. The van der Waals surface area contributed by atoms with E-state index in [0.717, 1.165) is 19.3 Å². The van der Waals surface area contributed by atoms with Crippen molar-refractivity contribution in [3.63, 3.8) is 0 Å². The van der Waals surface area contributed by atoms with Crippen molar-refractivity contribution in [2.45, 2.75) is 52.0 Å². The quantitative estimate of drug-likeness (QED) is 0.529. The molecular weight excluding hydrogens is 455 g/mol. The van der Waals surface area contributed by atoms with E-state index >= 15 is 0 Å². The van der Waals surface area contributed by atoms with Gasteiger partial charge in [0.25, 0.3) is 5.88 Å². The molecule has 0 saturated heterocycles. The minimum Gasteiger partial charge on any atom is -0.496 e. The van der Waals surface area contributed by atoms with E-state index in [0.29, 0.717) is 15.9 Å². The van der Waals surface area contributed by atoms with Crippen LogP contribution in [-0.2, 0) is 6.42 Å². The number of nitrogens with zero attached hydrogens (tertiary/aromatic N) is 2. The van der Waals surface area contributed by atoms with E-state index in [2.05, 4.69) is 37.6 Å². The first-order valence-electron chi connectivity index (χ1n) is 9.08. The summed E-state index contributed by atoms with van der Waals surface area (Å²) in [6.07, 6.45) is -1.88. The molecule has 2 N–H and O–H groups in total. The molecule has 29 heavy (non-hydrogen) atoms. The minimum absolute atomic E-state index is 0.00405. The highest BCUT2D eigenvalue weighted by atomic mass is 79.9. The van der Waals surface area contributed by atoms with Gasteiger partial charge in [-0.25, -0.2) is 9.97 Å². The van der Waals surface area contributed by atoms with Gasteiger partial charge in [-0.1, -0.05) is 26.3 Å². The molecule has 0 saturated carbocycles. The number of hydrogen-bond acceptors (Lipinski definition) is 6. The van der Waals surface area contributed by atoms with Crippen molar-refractivity contribution in [3.05, 3.63) is 34.1 Å². The zero-order chi connectivity index (χ0) is 21.6. The Morgan fingerprint density at radius 3 is 2.52 bits per heavy atom. The predicted molar refractivity (Wildman–Crippen MR) is 106 cm³/mol. The Balaban J connectivity index is 2.24. The van der Waals surface area contributed by atoms with Crippen LogP contribution >= 0.6 is 15.9 Å². The SMILES string of the molecule is CCC[C@H](CC)Oc1nc(Br)c(Cc2ccc(OC(F)(F)F)cc2OC)nc1N. The number of benzene rings is 1. The zero-order valence-corrected chi connectivity index (χ0v) is 17.9. The second kappa shape index (κ2) is 10.00. The van der Waals surface area contributed by atoms with Crippen molar-refractivity contribution in [3.8, 4) is 17.4 Å². The Hall–Kier alpha value is -2.23. The van der Waals surface area contributed by atoms with Gasteiger partial charge in [0.1, 0.15) is 22.2 Å². The number of alkyl halides is 3. The molecular formula is C19H23BrF3N3O3. The maximum Gasteiger partial charge on any atom is 0.573 e. The maximum atomic E-state index is 12.4. The van der Waals surface area contributed by atoms with Crippen LogP contribution < -0.4 is 19.9 Å². The second-order valence-electron chi connectivity index (χ2n) is 6.29. The highest BCUT2D eigenvalue weighted by Gasteiger charge is 2.31. The summed E-state index contributed by atoms with van der Waals surface area (Å²) < 4.78 is 52.6. The van der Waals surface area contributed by atoms with Crippen LogP contribution in [-0.4, -0.2) is 29.5 Å². The van der Waals surface area contributed by atoms with E-state index in [4.69, 9.17) is 15.2 Å². The molecule has 10 heteroatoms. The lowest BCUT2D eigenvalue weighted by atomic mass is 10.1. The molecule has 2 aromatic rings. The number of nitrogens with two attached hydrogens (primary N) is 1. The first-order valence-corrected chi connectivity index (χ1v) is 9.87. The minimum atomic E-state index is -4.78. The fourth-order valence-electron chi connectivity index (χ4n) is 2.72. The topological polar surface area (TPSA) is 79.5 Å². The van der Waals surface area contributed by atoms with Gasteiger partial charge in [-0.15, -0.1) is 13.2 Å². The maximum absolute atomic E-state index is 12.4. The summed E-state index contributed by atoms with van der Waals surface area (Å²) in [6, 6.07) is 3.86. The van der Waals surface area contributed by atoms with Crippen LogP contribution in [0.25, 0.3) is 0 Å². The van der Waals surface area contributed by atoms with Gasteiger partial charge in [-0.05, 0) is 34.8 Å². The monoisotopic (exact) mass is 477 g/mol. The molecule has 1 heterocycles. The number of nitrogen functional groups attached to an aromatic ring is 1. The van der Waals surface area contributed by atoms with Gasteiger partial charge < -0.3 is 19.9 Å². The van der Waals surface area contributed by atoms with Gasteiger partial charge in [0.05, 0.1) is 12.8 Å². The van der Waals surface area contributed by atoms with Crippen molar-refractivity contribution < 1.29 is 27.4 Å². The van der Waals surface area contributed by atoms with E-state index in [1.165, 1.54) is 25.3 Å². The van der Waals surface area contributed by atoms with Gasteiger partial charge in [0, 0.05) is 18.1 Å². The number of rotatable bonds is 9. The molecule has 0 aliphatic heterocycles. The third-order valence-electron chi connectivity index (χ3n) is 4.11. The first kappa shape index (κ1) is 23.1. The standard InChI is InChI=1S/C19H23BrF3N3O3/c1-4-6-12(5-2)28-18-17(24)25-14(16(20)26-18)9-11-7-8-13(10-15(11)27-3)29-19(21,22)23/h7-8,10,12H,4-6,9H2,1-3H3,(H2,24,25)/t12-/m0/s1. The number of halogens is 4. The molecule has 6 nitrogen and oxygen atoms in total. The molecule has 0 fully saturated rings. The molecule has 0 aliphatic carbocycles. The van der Waals surface area contributed by atoms with Crippen LogP contribution in [0.15, 0.2) is 22.8 Å². The lowest BCUT2D eigenvalue weighted by Crippen LogP contribution is -2.18. The van der Waals surface area contributed by atoms with E-state index in [1.807, 2.05) is 6.92 Å². The largest absolute Gasteiger partial charge is 0.573 e. The molecule has 0 radical (unpaired) electrons. The van der Waals surface area contributed by atoms with Crippen molar-refractivity contribution in [1.29, 1.82) is 0 Å². The fourth-order valence-corrected chi connectivity index (χ4v) is 3.11. The highest BCUT2D eigenvalue weighted by molar-refractivity contribution is 9.10. The predicted octanol–water partition coefficient (Wildman–Crippen LogP) is 5.28. The Kier molecular flexibility index (Phi) is 7.95. The summed E-state index contributed by atoms with van der Waals surface area (Å²) >= 11 is 3.37. The Morgan fingerprint density at radius 1 is 1.21 bits per heavy atom. The van der Waals surface area contributed by atoms with Crippen LogP contribution in [0, 0.1) is 0 Å². The zero-order valence-electron chi connectivity index (χ0n) is 16.3.